The van der Waals surface area contributed by atoms with Crippen LogP contribution in [0.1, 0.15) is 83.8 Å². The molecule has 2 aliphatic heterocycles. The number of anilines is 1. The van der Waals surface area contributed by atoms with Gasteiger partial charge in [0.15, 0.2) is 5.71 Å². The molecule has 0 saturated heterocycles. The van der Waals surface area contributed by atoms with Crippen LogP contribution in [0.15, 0.2) is 92.4 Å². The largest absolute Gasteiger partial charge is 1.00 e. The molecule has 0 spiro atoms. The predicted molar refractivity (Wildman–Crippen MR) is 212 cm³/mol. The van der Waals surface area contributed by atoms with Crippen LogP contribution < -0.4 is 104 Å². The molecule has 5 rings (SSSR count). The maximum Gasteiger partial charge on any atom is 1.00 e. The summed E-state index contributed by atoms with van der Waals surface area (Å²) in [7, 11) is -9.02. The van der Waals surface area contributed by atoms with Crippen molar-refractivity contribution in [2.75, 3.05) is 29.5 Å². The molecule has 0 bridgehead atoms. The molecule has 22 heteroatoms. The van der Waals surface area contributed by atoms with Gasteiger partial charge in [-0.1, -0.05) is 37.6 Å². The van der Waals surface area contributed by atoms with Crippen molar-refractivity contribution in [3.8, 4) is 0 Å². The second kappa shape index (κ2) is 24.8. The summed E-state index contributed by atoms with van der Waals surface area (Å²) >= 11 is 8.86. The van der Waals surface area contributed by atoms with E-state index in [9.17, 15) is 36.5 Å². The Morgan fingerprint density at radius 1 is 0.850 bits per heavy atom. The first kappa shape index (κ1) is 56.6. The summed E-state index contributed by atoms with van der Waals surface area (Å²) in [6, 6.07) is 10.1. The smallest absolute Gasteiger partial charge is 0.748 e. The van der Waals surface area contributed by atoms with E-state index in [0.29, 0.717) is 53.6 Å². The zero-order valence-electron chi connectivity index (χ0n) is 34.9. The van der Waals surface area contributed by atoms with E-state index >= 15 is 0 Å². The quantitative estimate of drug-likeness (QED) is 0.0263. The zero-order chi connectivity index (χ0) is 41.6. The Hall–Kier alpha value is 0.440. The van der Waals surface area contributed by atoms with Crippen molar-refractivity contribution >= 4 is 73.0 Å². The molecule has 1 aliphatic carbocycles. The van der Waals surface area contributed by atoms with Crippen molar-refractivity contribution in [1.29, 1.82) is 0 Å². The van der Waals surface area contributed by atoms with Crippen molar-refractivity contribution in [1.82, 2.24) is 0 Å². The molecule has 0 saturated carbocycles. The fourth-order valence-electron chi connectivity index (χ4n) is 7.65. The average Bonchev–Trinajstić information content (AvgIpc) is 3.49. The third kappa shape index (κ3) is 14.2. The average molecular weight is 953 g/mol. The minimum atomic E-state index is -4.68. The third-order valence-electron chi connectivity index (χ3n) is 10.5. The Bertz CT molecular complexity index is 2220. The van der Waals surface area contributed by atoms with Gasteiger partial charge in [-0.3, -0.25) is 10.1 Å². The molecule has 0 amide bonds. The Balaban J connectivity index is 0.00000413. The van der Waals surface area contributed by atoms with Crippen LogP contribution >= 0.6 is 35.7 Å². The topological polar surface area (TPSA) is 204 Å². The summed E-state index contributed by atoms with van der Waals surface area (Å²) in [6.07, 6.45) is 12.4. The van der Waals surface area contributed by atoms with Crippen molar-refractivity contribution in [2.24, 2.45) is 0 Å². The van der Waals surface area contributed by atoms with E-state index in [-0.39, 0.29) is 100.0 Å². The van der Waals surface area contributed by atoms with E-state index in [1.807, 2.05) is 50.3 Å². The summed E-state index contributed by atoms with van der Waals surface area (Å²) in [5.74, 6) is 0.0780. The molecule has 0 atom stereocenters. The van der Waals surface area contributed by atoms with E-state index in [1.54, 1.807) is 12.1 Å². The minimum Gasteiger partial charge on any atom is -0.748 e. The molecule has 312 valence electrons. The van der Waals surface area contributed by atoms with Crippen LogP contribution in [0, 0.1) is 0 Å². The first-order chi connectivity index (χ1) is 26.9. The number of unbranched alkanes of at least 4 members (excludes halogenated alkanes) is 2. The molecule has 60 heavy (non-hydrogen) atoms. The van der Waals surface area contributed by atoms with Gasteiger partial charge in [-0.2, -0.15) is 13.2 Å². The van der Waals surface area contributed by atoms with Crippen LogP contribution in [0.25, 0.3) is 0 Å². The number of hydrogen-bond donors (Lipinski definition) is 0. The van der Waals surface area contributed by atoms with Crippen molar-refractivity contribution < 1.29 is 148 Å². The number of fused-ring (bicyclic) bond motifs is 2. The van der Waals surface area contributed by atoms with E-state index in [1.165, 1.54) is 12.1 Å². The maximum atomic E-state index is 12.0. The Morgan fingerprint density at radius 3 is 2.23 bits per heavy atom. The van der Waals surface area contributed by atoms with Gasteiger partial charge in [-0.05, 0) is 105 Å². The number of nitrogens with zero attached hydrogens (tertiary/aromatic N) is 2. The molecule has 0 unspecified atom stereocenters. The molecule has 0 N–H and O–H groups in total. The third-order valence-corrected chi connectivity index (χ3v) is 13.8. The van der Waals surface area contributed by atoms with Crippen LogP contribution in [0.4, 0.5) is 11.4 Å². The molecule has 0 fully saturated rings. The second-order valence-corrected chi connectivity index (χ2v) is 19.7. The predicted octanol–water partition coefficient (Wildman–Crippen LogP) is -2.97. The van der Waals surface area contributed by atoms with Gasteiger partial charge < -0.3 is 24.5 Å². The summed E-state index contributed by atoms with van der Waals surface area (Å²) in [5.41, 5.74) is 5.87. The van der Waals surface area contributed by atoms with E-state index < -0.39 is 36.8 Å². The van der Waals surface area contributed by atoms with E-state index in [4.69, 9.17) is 11.6 Å². The molecule has 0 radical (unpaired) electrons. The van der Waals surface area contributed by atoms with Gasteiger partial charge in [0, 0.05) is 80.9 Å². The van der Waals surface area contributed by atoms with Gasteiger partial charge in [0.05, 0.1) is 32.5 Å². The molecule has 14 nitrogen and oxygen atoms in total. The van der Waals surface area contributed by atoms with Crippen LogP contribution in [0.3, 0.4) is 0 Å². The summed E-state index contributed by atoms with van der Waals surface area (Å²) in [4.78, 5) is 2.48. The van der Waals surface area contributed by atoms with Crippen LogP contribution in [0.5, 0.6) is 0 Å². The van der Waals surface area contributed by atoms with Gasteiger partial charge in [-0.15, -0.1) is 0 Å². The van der Waals surface area contributed by atoms with Gasteiger partial charge in [0.1, 0.15) is 16.7 Å². The fourth-order valence-corrected chi connectivity index (χ4v) is 9.85. The van der Waals surface area contributed by atoms with E-state index in [0.717, 1.165) is 82.8 Å². The normalized spacial score (nSPS) is 18.4. The monoisotopic (exact) mass is 952 g/mol. The number of halogens is 1. The zero-order valence-corrected chi connectivity index (χ0v) is 44.9. The van der Waals surface area contributed by atoms with Crippen LogP contribution in [-0.4, -0.2) is 60.8 Å². The minimum absolute atomic E-state index is 0. The molecule has 3 aliphatic rings. The van der Waals surface area contributed by atoms with E-state index in [2.05, 4.69) is 42.1 Å². The number of benzene rings is 2. The number of hydrogen-bond acceptors (Lipinski definition) is 15. The van der Waals surface area contributed by atoms with Crippen LogP contribution in [0.2, 0.25) is 0 Å². The molecule has 2 aromatic rings. The van der Waals surface area contributed by atoms with Crippen molar-refractivity contribution in [2.45, 2.75) is 93.3 Å². The Morgan fingerprint density at radius 2 is 1.57 bits per heavy atom. The first-order valence-electron chi connectivity index (χ1n) is 18.2. The SMILES string of the molecule is CC1(C)C(/C=C/C2=C(Cl)C(=C/C=C3/N(CCCCSOO[O-])c4ccc(S(=O)(=O)[O-])cc4C3(C)C)/CCC2)=[N+](CCCCS(=O)(=O)[O-])c2ccc(SOO[O-])cc21.[Na+].[Na+].[Na+]. The summed E-state index contributed by atoms with van der Waals surface area (Å²) in [6.45, 7) is 9.13. The summed E-state index contributed by atoms with van der Waals surface area (Å²) < 4.78 is 80.8. The van der Waals surface area contributed by atoms with Gasteiger partial charge >= 0.3 is 88.7 Å². The number of allylic oxidation sites excluding steroid dienone is 8. The number of rotatable bonds is 19. The Kier molecular flexibility index (Phi) is 23.4. The van der Waals surface area contributed by atoms with Gasteiger partial charge in [0.2, 0.25) is 5.69 Å². The molecule has 2 heterocycles. The Labute approximate surface area is 432 Å². The standard InChI is InChI=1S/C38H47ClN2O12S4.3Na/c1-37(2)30-24-28(55-53-51-43)14-16-32(30)41(21-6-8-23-56(44,45)46)34(37)18-12-26-10-9-11-27(36(26)39)13-19-35-38(3,4)31-25-29(57(47,48)49)15-17-33(31)40(35)20-5-7-22-54-52-50-42;;;/h12-19,24-25H,5-11,20-23H2,1-4H3,(H3-,42,43,44,45,46,47,48,49);;;/q;3*+1/p-3. The maximum absolute atomic E-state index is 12.0. The van der Waals surface area contributed by atoms with Gasteiger partial charge in [-0.25, -0.2) is 16.8 Å². The molecular formula is C38H44ClN2Na3O12S4. The second-order valence-electron chi connectivity index (χ2n) is 14.9. The summed E-state index contributed by atoms with van der Waals surface area (Å²) in [5, 5.41) is 28.2. The van der Waals surface area contributed by atoms with Crippen molar-refractivity contribution in [3.05, 3.63) is 93.7 Å². The molecule has 0 aromatic heterocycles. The van der Waals surface area contributed by atoms with Crippen LogP contribution in [-0.2, 0) is 49.8 Å². The fraction of sp³-hybridized carbons (Fsp3) is 0.447. The van der Waals surface area contributed by atoms with Crippen molar-refractivity contribution in [3.63, 3.8) is 0 Å². The first-order valence-corrected chi connectivity index (χ1v) is 23.2. The molecule has 2 aromatic carbocycles. The molecular weight excluding hydrogens is 909 g/mol. The van der Waals surface area contributed by atoms with Gasteiger partial charge in [0.25, 0.3) is 0 Å².